The molecule has 0 saturated carbocycles. The maximum Gasteiger partial charge on any atom is 0.322 e. The number of nitrogens with one attached hydrogen (secondary N) is 1. The van der Waals surface area contributed by atoms with Crippen LogP contribution in [-0.2, 0) is 21.4 Å². The molecular weight excluding hydrogens is 404 g/mol. The van der Waals surface area contributed by atoms with Crippen LogP contribution in [0.2, 0.25) is 0 Å². The summed E-state index contributed by atoms with van der Waals surface area (Å²) in [4.78, 5) is 14.7. The summed E-state index contributed by atoms with van der Waals surface area (Å²) in [6.45, 7) is 5.61. The van der Waals surface area contributed by atoms with Crippen molar-refractivity contribution in [3.8, 4) is 5.75 Å². The van der Waals surface area contributed by atoms with Gasteiger partial charge in [-0.15, -0.1) is 0 Å². The highest BCUT2D eigenvalue weighted by atomic mass is 32.2. The number of nitrogens with zero attached hydrogens (tertiary/aromatic N) is 1. The van der Waals surface area contributed by atoms with E-state index in [1.807, 2.05) is 32.0 Å². The molecule has 3 rings (SSSR count). The van der Waals surface area contributed by atoms with Crippen LogP contribution in [0.5, 0.6) is 5.75 Å². The summed E-state index contributed by atoms with van der Waals surface area (Å²) in [5.74, 6) is 0.242. The van der Waals surface area contributed by atoms with E-state index in [0.29, 0.717) is 13.1 Å². The number of benzene rings is 2. The molecule has 2 aromatic rings. The molecule has 1 aliphatic heterocycles. The average molecular weight is 433 g/mol. The first-order valence-electron chi connectivity index (χ1n) is 9.93. The van der Waals surface area contributed by atoms with Crippen molar-refractivity contribution in [3.05, 3.63) is 59.2 Å². The van der Waals surface area contributed by atoms with Gasteiger partial charge < -0.3 is 19.1 Å². The molecule has 1 N–H and O–H groups in total. The fraction of sp³-hybridized carbons (Fsp3) is 0.409. The minimum atomic E-state index is -3.57. The third kappa shape index (κ3) is 6.47. The van der Waals surface area contributed by atoms with Crippen molar-refractivity contribution in [1.82, 2.24) is 4.90 Å². The number of ether oxygens (including phenoxy) is 1. The van der Waals surface area contributed by atoms with Gasteiger partial charge in [-0.3, -0.25) is 0 Å². The van der Waals surface area contributed by atoms with E-state index in [0.717, 1.165) is 42.5 Å². The fourth-order valence-electron chi connectivity index (χ4n) is 3.32. The monoisotopic (exact) mass is 432 g/mol. The molecule has 1 aliphatic rings. The number of aryl methyl sites for hydroxylation is 2. The van der Waals surface area contributed by atoms with Crippen LogP contribution in [0.4, 0.5) is 10.5 Å². The summed E-state index contributed by atoms with van der Waals surface area (Å²) in [7, 11) is -3.57. The molecular formula is C22H28N2O5S. The number of rotatable bonds is 7. The summed E-state index contributed by atoms with van der Waals surface area (Å²) in [5.41, 5.74) is 3.89. The SMILES string of the molecule is Cc1ccc(NC(=O)N(Cc2ccc(OS(C)(=O)=O)cc2)CC2CCCO2)cc1C. The zero-order chi connectivity index (χ0) is 21.7. The Hall–Kier alpha value is -2.58. The first-order valence-corrected chi connectivity index (χ1v) is 11.7. The van der Waals surface area contributed by atoms with Gasteiger partial charge in [0.25, 0.3) is 0 Å². The first kappa shape index (κ1) is 22.1. The number of urea groups is 1. The van der Waals surface area contributed by atoms with Crippen LogP contribution in [0.3, 0.4) is 0 Å². The molecule has 8 heteroatoms. The van der Waals surface area contributed by atoms with Gasteiger partial charge in [-0.1, -0.05) is 18.2 Å². The predicted octanol–water partition coefficient (Wildman–Crippen LogP) is 3.85. The molecule has 1 atom stereocenters. The van der Waals surface area contributed by atoms with Crippen molar-refractivity contribution in [2.45, 2.75) is 39.3 Å². The van der Waals surface area contributed by atoms with Crippen molar-refractivity contribution >= 4 is 21.8 Å². The number of carbonyl (C=O) groups is 1. The molecule has 7 nitrogen and oxygen atoms in total. The Morgan fingerprint density at radius 1 is 1.17 bits per heavy atom. The zero-order valence-corrected chi connectivity index (χ0v) is 18.4. The molecule has 1 unspecified atom stereocenters. The van der Waals surface area contributed by atoms with Gasteiger partial charge in [0, 0.05) is 25.4 Å². The highest BCUT2D eigenvalue weighted by Crippen LogP contribution is 2.20. The molecule has 0 aromatic heterocycles. The average Bonchev–Trinajstić information content (AvgIpc) is 3.18. The minimum Gasteiger partial charge on any atom is -0.383 e. The smallest absolute Gasteiger partial charge is 0.322 e. The van der Waals surface area contributed by atoms with E-state index in [4.69, 9.17) is 8.92 Å². The van der Waals surface area contributed by atoms with Crippen molar-refractivity contribution in [1.29, 1.82) is 0 Å². The van der Waals surface area contributed by atoms with Crippen LogP contribution in [0.15, 0.2) is 42.5 Å². The Kier molecular flexibility index (Phi) is 6.99. The Morgan fingerprint density at radius 2 is 1.90 bits per heavy atom. The van der Waals surface area contributed by atoms with Gasteiger partial charge in [-0.05, 0) is 67.6 Å². The highest BCUT2D eigenvalue weighted by molar-refractivity contribution is 7.86. The van der Waals surface area contributed by atoms with Crippen molar-refractivity contribution in [3.63, 3.8) is 0 Å². The molecule has 1 fully saturated rings. The number of amides is 2. The molecule has 0 aliphatic carbocycles. The molecule has 162 valence electrons. The Labute approximate surface area is 178 Å². The minimum absolute atomic E-state index is 0.0170. The summed E-state index contributed by atoms with van der Waals surface area (Å²) >= 11 is 0. The predicted molar refractivity (Wildman–Crippen MR) is 116 cm³/mol. The molecule has 2 aromatic carbocycles. The standard InChI is InChI=1S/C22H28N2O5S/c1-16-6-9-19(13-17(16)2)23-22(25)24(15-21-5-4-12-28-21)14-18-7-10-20(11-8-18)29-30(3,26)27/h6-11,13,21H,4-5,12,14-15H2,1-3H3,(H,23,25). The van der Waals surface area contributed by atoms with Gasteiger partial charge in [0.2, 0.25) is 0 Å². The van der Waals surface area contributed by atoms with Crippen LogP contribution < -0.4 is 9.50 Å². The molecule has 0 radical (unpaired) electrons. The largest absolute Gasteiger partial charge is 0.383 e. The molecule has 30 heavy (non-hydrogen) atoms. The lowest BCUT2D eigenvalue weighted by atomic mass is 10.1. The lowest BCUT2D eigenvalue weighted by molar-refractivity contribution is 0.0819. The Bertz CT molecular complexity index is 983. The van der Waals surface area contributed by atoms with Crippen molar-refractivity contribution in [2.75, 3.05) is 24.7 Å². The van der Waals surface area contributed by atoms with E-state index in [9.17, 15) is 13.2 Å². The van der Waals surface area contributed by atoms with Crippen LogP contribution in [0, 0.1) is 13.8 Å². The van der Waals surface area contributed by atoms with E-state index in [-0.39, 0.29) is 17.9 Å². The second-order valence-electron chi connectivity index (χ2n) is 7.68. The molecule has 1 saturated heterocycles. The Balaban J connectivity index is 1.72. The molecule has 1 heterocycles. The quantitative estimate of drug-likeness (QED) is 0.672. The summed E-state index contributed by atoms with van der Waals surface area (Å²) in [6.07, 6.45) is 2.94. The van der Waals surface area contributed by atoms with Gasteiger partial charge in [-0.25, -0.2) is 4.79 Å². The lowest BCUT2D eigenvalue weighted by Gasteiger charge is -2.26. The van der Waals surface area contributed by atoms with Gasteiger partial charge in [0.1, 0.15) is 5.75 Å². The van der Waals surface area contributed by atoms with Crippen LogP contribution >= 0.6 is 0 Å². The molecule has 0 bridgehead atoms. The number of hydrogen-bond donors (Lipinski definition) is 1. The lowest BCUT2D eigenvalue weighted by Crippen LogP contribution is -2.39. The number of anilines is 1. The zero-order valence-electron chi connectivity index (χ0n) is 17.6. The van der Waals surface area contributed by atoms with E-state index in [2.05, 4.69) is 5.32 Å². The van der Waals surface area contributed by atoms with E-state index >= 15 is 0 Å². The molecule has 0 spiro atoms. The van der Waals surface area contributed by atoms with E-state index in [1.165, 1.54) is 5.56 Å². The number of carbonyl (C=O) groups excluding carboxylic acids is 1. The van der Waals surface area contributed by atoms with Gasteiger partial charge >= 0.3 is 16.1 Å². The second kappa shape index (κ2) is 9.49. The van der Waals surface area contributed by atoms with Crippen LogP contribution in [0.25, 0.3) is 0 Å². The highest BCUT2D eigenvalue weighted by Gasteiger charge is 2.23. The summed E-state index contributed by atoms with van der Waals surface area (Å²) < 4.78 is 33.1. The summed E-state index contributed by atoms with van der Waals surface area (Å²) in [5, 5.41) is 2.97. The van der Waals surface area contributed by atoms with Gasteiger partial charge in [0.15, 0.2) is 0 Å². The van der Waals surface area contributed by atoms with Crippen molar-refractivity contribution < 1.29 is 22.1 Å². The molecule has 2 amide bonds. The maximum atomic E-state index is 13.0. The van der Waals surface area contributed by atoms with Crippen LogP contribution in [-0.4, -0.2) is 44.9 Å². The van der Waals surface area contributed by atoms with Crippen molar-refractivity contribution in [2.24, 2.45) is 0 Å². The second-order valence-corrected chi connectivity index (χ2v) is 9.25. The van der Waals surface area contributed by atoms with E-state index in [1.54, 1.807) is 29.2 Å². The van der Waals surface area contributed by atoms with Gasteiger partial charge in [0.05, 0.1) is 12.4 Å². The topological polar surface area (TPSA) is 84.9 Å². The fourth-order valence-corrected chi connectivity index (χ4v) is 3.78. The van der Waals surface area contributed by atoms with Gasteiger partial charge in [-0.2, -0.15) is 8.42 Å². The maximum absolute atomic E-state index is 13.0. The normalized spacial score (nSPS) is 16.3. The number of hydrogen-bond acceptors (Lipinski definition) is 5. The third-order valence-corrected chi connectivity index (χ3v) is 5.53. The van der Waals surface area contributed by atoms with Crippen LogP contribution in [0.1, 0.15) is 29.5 Å². The summed E-state index contributed by atoms with van der Waals surface area (Å²) in [6, 6.07) is 12.3. The Morgan fingerprint density at radius 3 is 2.50 bits per heavy atom. The first-order chi connectivity index (χ1) is 14.2. The van der Waals surface area contributed by atoms with E-state index < -0.39 is 10.1 Å². The third-order valence-electron chi connectivity index (χ3n) is 5.04.